The van der Waals surface area contributed by atoms with E-state index in [1.807, 2.05) is 0 Å². The highest BCUT2D eigenvalue weighted by molar-refractivity contribution is 7.88. The first-order valence-electron chi connectivity index (χ1n) is 5.76. The topological polar surface area (TPSA) is 69.7 Å². The van der Waals surface area contributed by atoms with Gasteiger partial charge < -0.3 is 8.92 Å². The molecule has 0 aromatic heterocycles. The lowest BCUT2D eigenvalue weighted by molar-refractivity contribution is -0.0500. The largest absolute Gasteiger partial charge is 0.534 e. The van der Waals surface area contributed by atoms with Crippen LogP contribution in [0.15, 0.2) is 18.2 Å². The summed E-state index contributed by atoms with van der Waals surface area (Å²) < 4.78 is 68.0. The predicted molar refractivity (Wildman–Crippen MR) is 65.4 cm³/mol. The standard InChI is InChI=1S/C12H11F3O5S/c1-11(2)9-4-3-7(5-8(9)10(16)6-19-11)20-21(17,18)12(13,14)15/h3-5H,6H2,1-2H3. The van der Waals surface area contributed by atoms with Crippen LogP contribution in [-0.4, -0.2) is 26.3 Å². The van der Waals surface area contributed by atoms with Crippen LogP contribution in [0.3, 0.4) is 0 Å². The summed E-state index contributed by atoms with van der Waals surface area (Å²) in [6.07, 6.45) is 0. The van der Waals surface area contributed by atoms with E-state index in [-0.39, 0.29) is 12.2 Å². The van der Waals surface area contributed by atoms with Crippen LogP contribution in [0.2, 0.25) is 0 Å². The minimum absolute atomic E-state index is 0.0844. The Morgan fingerprint density at radius 3 is 2.48 bits per heavy atom. The Kier molecular flexibility index (Phi) is 3.53. The van der Waals surface area contributed by atoms with Crippen molar-refractivity contribution in [2.24, 2.45) is 0 Å². The van der Waals surface area contributed by atoms with Crippen molar-refractivity contribution in [2.45, 2.75) is 25.0 Å². The van der Waals surface area contributed by atoms with Crippen LogP contribution in [0.5, 0.6) is 5.75 Å². The van der Waals surface area contributed by atoms with Crippen molar-refractivity contribution >= 4 is 15.9 Å². The van der Waals surface area contributed by atoms with Gasteiger partial charge in [-0.1, -0.05) is 6.07 Å². The first-order chi connectivity index (χ1) is 9.44. The Morgan fingerprint density at radius 1 is 1.29 bits per heavy atom. The van der Waals surface area contributed by atoms with E-state index in [1.165, 1.54) is 6.07 Å². The van der Waals surface area contributed by atoms with Gasteiger partial charge in [-0.2, -0.15) is 21.6 Å². The van der Waals surface area contributed by atoms with Gasteiger partial charge in [0.15, 0.2) is 5.78 Å². The van der Waals surface area contributed by atoms with Crippen LogP contribution in [0.1, 0.15) is 29.8 Å². The summed E-state index contributed by atoms with van der Waals surface area (Å²) in [5.41, 5.74) is -5.79. The molecule has 21 heavy (non-hydrogen) atoms. The molecule has 0 saturated carbocycles. The maximum atomic E-state index is 12.3. The average molecular weight is 324 g/mol. The minimum Gasteiger partial charge on any atom is -0.376 e. The lowest BCUT2D eigenvalue weighted by atomic mass is 9.88. The molecule has 116 valence electrons. The first-order valence-corrected chi connectivity index (χ1v) is 7.17. The lowest BCUT2D eigenvalue weighted by Crippen LogP contribution is -2.33. The molecule has 0 amide bonds. The lowest BCUT2D eigenvalue weighted by Gasteiger charge is -2.32. The molecule has 5 nitrogen and oxygen atoms in total. The highest BCUT2D eigenvalue weighted by Gasteiger charge is 2.48. The number of alkyl halides is 3. The molecule has 0 unspecified atom stereocenters. The third kappa shape index (κ3) is 2.88. The molecule has 0 atom stereocenters. The molecule has 0 saturated heterocycles. The summed E-state index contributed by atoms with van der Waals surface area (Å²) in [5.74, 6) is -1.03. The predicted octanol–water partition coefficient (Wildman–Crippen LogP) is 2.36. The van der Waals surface area contributed by atoms with Crippen molar-refractivity contribution in [2.75, 3.05) is 6.61 Å². The van der Waals surface area contributed by atoms with Gasteiger partial charge >= 0.3 is 15.6 Å². The number of Topliss-reactive ketones (excluding diaryl/α,β-unsaturated/α-hetero) is 1. The van der Waals surface area contributed by atoms with Gasteiger partial charge in [-0.15, -0.1) is 0 Å². The summed E-state index contributed by atoms with van der Waals surface area (Å²) in [6.45, 7) is 3.13. The maximum absolute atomic E-state index is 12.3. The molecule has 1 aliphatic heterocycles. The molecule has 2 rings (SSSR count). The fourth-order valence-electron chi connectivity index (χ4n) is 1.91. The summed E-state index contributed by atoms with van der Waals surface area (Å²) in [7, 11) is -5.77. The highest BCUT2D eigenvalue weighted by Crippen LogP contribution is 2.35. The molecule has 1 heterocycles. The molecule has 0 radical (unpaired) electrons. The number of rotatable bonds is 2. The quantitative estimate of drug-likeness (QED) is 0.617. The molecule has 0 fully saturated rings. The van der Waals surface area contributed by atoms with Crippen molar-refractivity contribution in [1.29, 1.82) is 0 Å². The summed E-state index contributed by atoms with van der Waals surface area (Å²) in [4.78, 5) is 11.7. The summed E-state index contributed by atoms with van der Waals surface area (Å²) in [5, 5.41) is 0. The number of hydrogen-bond acceptors (Lipinski definition) is 5. The molecule has 0 N–H and O–H groups in total. The fraction of sp³-hybridized carbons (Fsp3) is 0.417. The second-order valence-corrected chi connectivity index (χ2v) is 6.45. The van der Waals surface area contributed by atoms with Crippen LogP contribution < -0.4 is 4.18 Å². The van der Waals surface area contributed by atoms with Gasteiger partial charge in [0.1, 0.15) is 12.4 Å². The number of benzene rings is 1. The second kappa shape index (κ2) is 4.70. The Bertz CT molecular complexity index is 691. The molecule has 1 aromatic carbocycles. The van der Waals surface area contributed by atoms with Crippen molar-refractivity contribution in [3.05, 3.63) is 29.3 Å². The Labute approximate surface area is 118 Å². The van der Waals surface area contributed by atoms with E-state index in [1.54, 1.807) is 13.8 Å². The smallest absolute Gasteiger partial charge is 0.376 e. The van der Waals surface area contributed by atoms with Gasteiger partial charge in [0.2, 0.25) is 0 Å². The van der Waals surface area contributed by atoms with Gasteiger partial charge in [-0.3, -0.25) is 4.79 Å². The number of fused-ring (bicyclic) bond motifs is 1. The third-order valence-corrected chi connectivity index (χ3v) is 3.97. The van der Waals surface area contributed by atoms with E-state index in [2.05, 4.69) is 4.18 Å². The van der Waals surface area contributed by atoms with Crippen LogP contribution in [0.4, 0.5) is 13.2 Å². The van der Waals surface area contributed by atoms with E-state index in [9.17, 15) is 26.4 Å². The van der Waals surface area contributed by atoms with Gasteiger partial charge in [0.05, 0.1) is 5.60 Å². The number of carbonyl (C=O) groups is 1. The zero-order valence-electron chi connectivity index (χ0n) is 11.0. The molecule has 1 aliphatic rings. The molecule has 0 bridgehead atoms. The zero-order valence-corrected chi connectivity index (χ0v) is 11.8. The van der Waals surface area contributed by atoms with Crippen LogP contribution >= 0.6 is 0 Å². The number of ether oxygens (including phenoxy) is 1. The molecule has 1 aromatic rings. The number of hydrogen-bond donors (Lipinski definition) is 0. The molecular formula is C12H11F3O5S. The summed E-state index contributed by atoms with van der Waals surface area (Å²) in [6, 6.07) is 3.34. The number of carbonyl (C=O) groups excluding carboxylic acids is 1. The molecular weight excluding hydrogens is 313 g/mol. The van der Waals surface area contributed by atoms with Crippen molar-refractivity contribution in [3.8, 4) is 5.75 Å². The average Bonchev–Trinajstić information content (AvgIpc) is 2.32. The summed E-state index contributed by atoms with van der Waals surface area (Å²) >= 11 is 0. The van der Waals surface area contributed by atoms with Gasteiger partial charge in [0, 0.05) is 5.56 Å². The molecule has 9 heteroatoms. The van der Waals surface area contributed by atoms with Crippen molar-refractivity contribution < 1.29 is 35.3 Å². The highest BCUT2D eigenvalue weighted by atomic mass is 32.2. The monoisotopic (exact) mass is 324 g/mol. The SMILES string of the molecule is CC1(C)OCC(=O)c2cc(OS(=O)(=O)C(F)(F)F)ccc21. The van der Waals surface area contributed by atoms with Gasteiger partial charge in [-0.05, 0) is 31.5 Å². The van der Waals surface area contributed by atoms with Crippen LogP contribution in [0.25, 0.3) is 0 Å². The second-order valence-electron chi connectivity index (χ2n) is 4.91. The fourth-order valence-corrected chi connectivity index (χ4v) is 2.36. The molecule has 0 aliphatic carbocycles. The van der Waals surface area contributed by atoms with Gasteiger partial charge in [0.25, 0.3) is 0 Å². The number of ketones is 1. The number of halogens is 3. The Balaban J connectivity index is 2.43. The zero-order chi connectivity index (χ0) is 16.1. The third-order valence-electron chi connectivity index (χ3n) is 2.99. The van der Waals surface area contributed by atoms with Gasteiger partial charge in [-0.25, -0.2) is 0 Å². The minimum atomic E-state index is -5.77. The van der Waals surface area contributed by atoms with Crippen molar-refractivity contribution in [3.63, 3.8) is 0 Å². The van der Waals surface area contributed by atoms with E-state index < -0.39 is 32.8 Å². The van der Waals surface area contributed by atoms with E-state index in [0.717, 1.165) is 12.1 Å². The normalized spacial score (nSPS) is 18.2. The molecule has 0 spiro atoms. The Hall–Kier alpha value is -1.61. The van der Waals surface area contributed by atoms with E-state index in [4.69, 9.17) is 4.74 Å². The first kappa shape index (κ1) is 15.8. The van der Waals surface area contributed by atoms with E-state index in [0.29, 0.717) is 5.56 Å². The van der Waals surface area contributed by atoms with Crippen LogP contribution in [0, 0.1) is 0 Å². The maximum Gasteiger partial charge on any atom is 0.534 e. The van der Waals surface area contributed by atoms with Crippen molar-refractivity contribution in [1.82, 2.24) is 0 Å². The van der Waals surface area contributed by atoms with E-state index >= 15 is 0 Å². The van der Waals surface area contributed by atoms with Crippen LogP contribution in [-0.2, 0) is 20.5 Å². The Morgan fingerprint density at radius 2 is 1.90 bits per heavy atom.